The highest BCUT2D eigenvalue weighted by Gasteiger charge is 2.49. The summed E-state index contributed by atoms with van der Waals surface area (Å²) in [6, 6.07) is 35.8. The molecule has 546 valence electrons. The number of piperidine rings is 1. The molecule has 2 aliphatic carbocycles. The zero-order valence-corrected chi connectivity index (χ0v) is 61.1. The van der Waals surface area contributed by atoms with Gasteiger partial charge in [0.25, 0.3) is 0 Å². The number of carbonyl (C=O) groups excluding carboxylic acids is 5. The summed E-state index contributed by atoms with van der Waals surface area (Å²) in [5, 5.41) is 20.4. The summed E-state index contributed by atoms with van der Waals surface area (Å²) in [6.45, 7) is 11.1. The van der Waals surface area contributed by atoms with E-state index in [1.165, 1.54) is 70.0 Å². The molecule has 6 aliphatic rings. The third kappa shape index (κ3) is 14.2. The van der Waals surface area contributed by atoms with Gasteiger partial charge in [-0.05, 0) is 196 Å². The second-order valence-corrected chi connectivity index (χ2v) is 29.0. The van der Waals surface area contributed by atoms with Crippen molar-refractivity contribution in [3.63, 3.8) is 0 Å². The number of hydrogen-bond donors (Lipinski definition) is 2. The van der Waals surface area contributed by atoms with Crippen molar-refractivity contribution >= 4 is 80.1 Å². The third-order valence-corrected chi connectivity index (χ3v) is 23.0. The minimum atomic E-state index is -0.386. The SMILES string of the molecule is COC(=O)N1c2ccc3c(nc(CCn4cccn4)n3CC(=O)NCc3cnco3)c2CC[C@@H]1C.COC(=O)N1c2ccc3c(nc(Cc4ccccc4)n3[C@H]3CCC34CCNCC4)c2CC[C@@H]1C.COC(=O)N1c2ccc3c(nc(Cc4ccccc4C#N)n3C3CCC(C(C)=O)CC3)c2CC[C@@H]1C. The maximum atomic E-state index is 12.8. The molecule has 0 bridgehead atoms. The van der Waals surface area contributed by atoms with Crippen molar-refractivity contribution in [2.45, 2.75) is 187 Å². The lowest BCUT2D eigenvalue weighted by atomic mass is 9.59. The summed E-state index contributed by atoms with van der Waals surface area (Å²) in [6.07, 6.45) is 21.2. The number of fused-ring (bicyclic) bond motifs is 9. The molecule has 16 rings (SSSR count). The van der Waals surface area contributed by atoms with Crippen LogP contribution >= 0.6 is 0 Å². The first-order valence-corrected chi connectivity index (χ1v) is 37.1. The molecule has 2 N–H and O–H groups in total. The lowest BCUT2D eigenvalue weighted by Crippen LogP contribution is -2.49. The second kappa shape index (κ2) is 31.0. The first-order valence-electron chi connectivity index (χ1n) is 37.1. The topological polar surface area (TPSA) is 268 Å². The first kappa shape index (κ1) is 71.3. The zero-order chi connectivity index (χ0) is 73.0. The van der Waals surface area contributed by atoms with E-state index in [1.807, 2.05) is 82.7 Å². The number of amides is 4. The molecule has 105 heavy (non-hydrogen) atoms. The van der Waals surface area contributed by atoms with Gasteiger partial charge in [-0.25, -0.2) is 34.3 Å². The van der Waals surface area contributed by atoms with E-state index >= 15 is 0 Å². The number of ketones is 1. The highest BCUT2D eigenvalue weighted by molar-refractivity contribution is 5.98. The fraction of sp³-hybridized carbons (Fsp3) is 0.444. The second-order valence-electron chi connectivity index (χ2n) is 29.0. The summed E-state index contributed by atoms with van der Waals surface area (Å²) in [5.74, 6) is 3.69. The number of ether oxygens (including phenoxy) is 3. The molecule has 1 saturated heterocycles. The van der Waals surface area contributed by atoms with E-state index in [-0.39, 0.29) is 73.1 Å². The monoisotopic (exact) mass is 1420 g/mol. The van der Waals surface area contributed by atoms with Crippen LogP contribution in [0, 0.1) is 22.7 Å². The Morgan fingerprint density at radius 1 is 0.629 bits per heavy atom. The molecule has 0 radical (unpaired) electrons. The number of nitriles is 1. The van der Waals surface area contributed by atoms with Gasteiger partial charge >= 0.3 is 18.3 Å². The number of imidazole rings is 3. The fourth-order valence-corrected chi connectivity index (χ4v) is 17.3. The zero-order valence-electron chi connectivity index (χ0n) is 61.1. The van der Waals surface area contributed by atoms with Gasteiger partial charge in [-0.2, -0.15) is 10.4 Å². The number of aryl methyl sites for hydroxylation is 5. The van der Waals surface area contributed by atoms with E-state index in [4.69, 9.17) is 33.6 Å². The summed E-state index contributed by atoms with van der Waals surface area (Å²) < 4.78 is 29.2. The first-order chi connectivity index (χ1) is 51.1. The number of nitrogens with zero attached hydrogens (tertiary/aromatic N) is 13. The van der Waals surface area contributed by atoms with Crippen molar-refractivity contribution < 1.29 is 42.6 Å². The standard InChI is InChI=1S/C29H32N4O3.C28H34N4O2.C24H27N7O4/c1-18-8-13-24-25(32(18)29(35)36-3)14-15-26-28(24)31-27(16-21-6-4-5-7-22(21)17-30)33(26)23-11-9-20(10-12-23)19(2)34;1-19-8-9-21-22(31(19)27(33)34-2)10-11-23-26(21)30-25(18-20-6-4-3-5-7-20)32(23)24-12-13-28(24)14-16-29-17-15-28;1-16-4-5-18-19(31(16)24(33)34-2)6-7-20-23(18)28-21(8-11-29-10-3-9-27-29)30(20)14-22(32)26-13-17-12-25-15-35-17/h4-7,14-15,18,20,23H,8-13,16H2,1-3H3;3-7,10-11,19,24,29H,8-9,12-18H2,1-2H3;3,6-7,9-10,12,15-16H,4-5,8,11,13-14H2,1-2H3,(H,26,32)/t18-,20?,23?;19-,24-;16-/m000/s1. The van der Waals surface area contributed by atoms with Gasteiger partial charge in [0.05, 0.1) is 95.9 Å². The molecule has 2 saturated carbocycles. The van der Waals surface area contributed by atoms with Crippen molar-refractivity contribution in [3.05, 3.63) is 179 Å². The highest BCUT2D eigenvalue weighted by atomic mass is 16.6. The Balaban J connectivity index is 0.000000133. The maximum absolute atomic E-state index is 12.8. The number of rotatable bonds is 14. The van der Waals surface area contributed by atoms with Gasteiger partial charge < -0.3 is 43.0 Å². The van der Waals surface area contributed by atoms with Crippen LogP contribution in [-0.4, -0.2) is 126 Å². The van der Waals surface area contributed by atoms with Crippen molar-refractivity contribution in [3.8, 4) is 6.07 Å². The molecule has 4 amide bonds. The number of hydrogen-bond acceptors (Lipinski definition) is 16. The Morgan fingerprint density at radius 3 is 1.71 bits per heavy atom. The number of oxazole rings is 1. The van der Waals surface area contributed by atoms with E-state index < -0.39 is 0 Å². The minimum Gasteiger partial charge on any atom is -0.452 e. The molecule has 4 aliphatic heterocycles. The Labute approximate surface area is 611 Å². The molecule has 5 aromatic carbocycles. The fourth-order valence-electron chi connectivity index (χ4n) is 17.3. The quantitative estimate of drug-likeness (QED) is 0.0958. The molecule has 0 unspecified atom stereocenters. The lowest BCUT2D eigenvalue weighted by molar-refractivity contribution is -0.122. The number of Topliss-reactive ketones (excluding diaryl/α,β-unsaturated/α-hetero) is 1. The van der Waals surface area contributed by atoms with Crippen molar-refractivity contribution in [2.75, 3.05) is 49.1 Å². The Bertz CT molecular complexity index is 4860. The van der Waals surface area contributed by atoms with Gasteiger partial charge in [0, 0.05) is 91.0 Å². The van der Waals surface area contributed by atoms with Crippen LogP contribution in [0.2, 0.25) is 0 Å². The Hall–Kier alpha value is -10.7. The van der Waals surface area contributed by atoms with Gasteiger partial charge in [0.2, 0.25) is 5.91 Å². The van der Waals surface area contributed by atoms with E-state index in [9.17, 15) is 29.2 Å². The van der Waals surface area contributed by atoms with Crippen LogP contribution in [0.15, 0.2) is 126 Å². The number of anilines is 3. The molecular weight excluding hydrogens is 1330 g/mol. The summed E-state index contributed by atoms with van der Waals surface area (Å²) in [7, 11) is 4.27. The Morgan fingerprint density at radius 2 is 1.18 bits per heavy atom. The molecule has 9 heterocycles. The van der Waals surface area contributed by atoms with Gasteiger partial charge in [-0.3, -0.25) is 29.0 Å². The van der Waals surface area contributed by atoms with E-state index in [0.717, 1.165) is 163 Å². The van der Waals surface area contributed by atoms with Crippen LogP contribution in [0.25, 0.3) is 33.1 Å². The molecule has 5 aromatic heterocycles. The molecule has 24 heteroatoms. The van der Waals surface area contributed by atoms with E-state index in [1.54, 1.807) is 29.1 Å². The van der Waals surface area contributed by atoms with Crippen LogP contribution in [0.4, 0.5) is 31.4 Å². The van der Waals surface area contributed by atoms with E-state index in [2.05, 4.69) is 91.4 Å². The van der Waals surface area contributed by atoms with Gasteiger partial charge in [0.1, 0.15) is 35.6 Å². The number of aromatic nitrogens is 9. The van der Waals surface area contributed by atoms with Crippen LogP contribution in [0.1, 0.15) is 167 Å². The summed E-state index contributed by atoms with van der Waals surface area (Å²) >= 11 is 0. The molecule has 1 spiro atoms. The predicted octanol–water partition coefficient (Wildman–Crippen LogP) is 13.7. The Kier molecular flexibility index (Phi) is 21.0. The molecule has 3 fully saturated rings. The molecule has 10 aromatic rings. The van der Waals surface area contributed by atoms with Crippen molar-refractivity contribution in [1.29, 1.82) is 5.26 Å². The highest BCUT2D eigenvalue weighted by Crippen LogP contribution is 2.57. The van der Waals surface area contributed by atoms with Crippen LogP contribution < -0.4 is 25.3 Å². The minimum absolute atomic E-state index is 0.0237. The number of carbonyl (C=O) groups is 5. The summed E-state index contributed by atoms with van der Waals surface area (Å²) in [5.41, 5.74) is 15.1. The smallest absolute Gasteiger partial charge is 0.414 e. The lowest BCUT2D eigenvalue weighted by Gasteiger charge is -2.53. The van der Waals surface area contributed by atoms with Gasteiger partial charge in [-0.15, -0.1) is 0 Å². The van der Waals surface area contributed by atoms with Crippen LogP contribution in [-0.2, 0) is 82.0 Å². The van der Waals surface area contributed by atoms with Crippen molar-refractivity contribution in [2.24, 2.45) is 11.3 Å². The number of nitrogens with one attached hydrogen (secondary N) is 2. The maximum Gasteiger partial charge on any atom is 0.414 e. The van der Waals surface area contributed by atoms with E-state index in [0.29, 0.717) is 42.2 Å². The predicted molar refractivity (Wildman–Crippen MR) is 399 cm³/mol. The largest absolute Gasteiger partial charge is 0.452 e. The molecular formula is C81H93N15O9. The van der Waals surface area contributed by atoms with Crippen LogP contribution in [0.5, 0.6) is 0 Å². The third-order valence-electron chi connectivity index (χ3n) is 23.0. The number of methoxy groups -OCH3 is 3. The normalized spacial score (nSPS) is 20.1. The van der Waals surface area contributed by atoms with Gasteiger partial charge in [-0.1, -0.05) is 48.5 Å². The average Bonchev–Trinajstić information content (AvgIpc) is 1.63. The molecule has 24 nitrogen and oxygen atoms in total. The average molecular weight is 1420 g/mol. The van der Waals surface area contributed by atoms with Gasteiger partial charge in [0.15, 0.2) is 6.39 Å². The number of benzene rings is 5. The summed E-state index contributed by atoms with van der Waals surface area (Å²) in [4.78, 5) is 87.1. The van der Waals surface area contributed by atoms with Crippen molar-refractivity contribution in [1.82, 2.24) is 54.1 Å². The molecule has 4 atom stereocenters. The van der Waals surface area contributed by atoms with Crippen LogP contribution in [0.3, 0.4) is 0 Å².